The summed E-state index contributed by atoms with van der Waals surface area (Å²) in [5, 5.41) is 13.1. The Bertz CT molecular complexity index is 740. The van der Waals surface area contributed by atoms with Crippen molar-refractivity contribution in [3.63, 3.8) is 0 Å². The number of rotatable bonds is 3. The van der Waals surface area contributed by atoms with Crippen LogP contribution in [0.5, 0.6) is 0 Å². The van der Waals surface area contributed by atoms with E-state index in [1.807, 2.05) is 45.9 Å². The van der Waals surface area contributed by atoms with Gasteiger partial charge >= 0.3 is 5.97 Å². The Hall–Kier alpha value is -2.43. The van der Waals surface area contributed by atoms with Crippen molar-refractivity contribution in [3.05, 3.63) is 57.0 Å². The summed E-state index contributed by atoms with van der Waals surface area (Å²) >= 11 is 0. The molecule has 0 aliphatic heterocycles. The lowest BCUT2D eigenvalue weighted by molar-refractivity contribution is 0.0686. The molecule has 1 heterocycles. The molecule has 1 aromatic heterocycles. The molecule has 2 aromatic rings. The maximum absolute atomic E-state index is 12.1. The number of aromatic nitrogens is 2. The van der Waals surface area contributed by atoms with Gasteiger partial charge in [0.15, 0.2) is 0 Å². The van der Waals surface area contributed by atoms with Gasteiger partial charge in [-0.15, -0.1) is 0 Å². The van der Waals surface area contributed by atoms with E-state index >= 15 is 0 Å². The fraction of sp³-hybridized carbons (Fsp3) is 0.312. The monoisotopic (exact) mass is 286 g/mol. The standard InChI is InChI=1S/C16H18N2O3/c1-9(2)13-8-18(17-14(15(13)19)16(20)21)12-6-10(3)5-11(4)7-12/h5-9H,1-4H3,(H,20,21). The van der Waals surface area contributed by atoms with Crippen molar-refractivity contribution < 1.29 is 9.90 Å². The number of hydrogen-bond donors (Lipinski definition) is 1. The molecule has 5 nitrogen and oxygen atoms in total. The first-order chi connectivity index (χ1) is 9.79. The minimum absolute atomic E-state index is 0.0734. The van der Waals surface area contributed by atoms with Crippen molar-refractivity contribution in [2.24, 2.45) is 0 Å². The van der Waals surface area contributed by atoms with Crippen molar-refractivity contribution in [1.82, 2.24) is 9.78 Å². The van der Waals surface area contributed by atoms with Crippen LogP contribution in [0.3, 0.4) is 0 Å². The molecule has 110 valence electrons. The van der Waals surface area contributed by atoms with E-state index in [4.69, 9.17) is 0 Å². The van der Waals surface area contributed by atoms with Gasteiger partial charge in [-0.05, 0) is 43.0 Å². The van der Waals surface area contributed by atoms with E-state index in [1.165, 1.54) is 4.68 Å². The van der Waals surface area contributed by atoms with Crippen LogP contribution < -0.4 is 5.43 Å². The molecule has 0 aliphatic rings. The number of carbonyl (C=O) groups is 1. The van der Waals surface area contributed by atoms with E-state index in [-0.39, 0.29) is 5.92 Å². The van der Waals surface area contributed by atoms with Gasteiger partial charge in [-0.25, -0.2) is 9.48 Å². The first kappa shape index (κ1) is 15.0. The molecule has 1 N–H and O–H groups in total. The van der Waals surface area contributed by atoms with Crippen molar-refractivity contribution in [2.45, 2.75) is 33.6 Å². The average molecular weight is 286 g/mol. The second-order valence-corrected chi connectivity index (χ2v) is 5.51. The first-order valence-electron chi connectivity index (χ1n) is 6.75. The van der Waals surface area contributed by atoms with Gasteiger partial charge in [0, 0.05) is 11.8 Å². The molecular formula is C16H18N2O3. The summed E-state index contributed by atoms with van der Waals surface area (Å²) in [7, 11) is 0. The fourth-order valence-electron chi connectivity index (χ4n) is 2.28. The molecular weight excluding hydrogens is 268 g/mol. The van der Waals surface area contributed by atoms with Crippen LogP contribution in [-0.4, -0.2) is 20.9 Å². The predicted molar refractivity (Wildman–Crippen MR) is 80.4 cm³/mol. The lowest BCUT2D eigenvalue weighted by atomic mass is 10.0. The molecule has 0 saturated heterocycles. The third-order valence-corrected chi connectivity index (χ3v) is 3.24. The van der Waals surface area contributed by atoms with Gasteiger partial charge in [0.2, 0.25) is 11.1 Å². The summed E-state index contributed by atoms with van der Waals surface area (Å²) in [4.78, 5) is 23.4. The average Bonchev–Trinajstić information content (AvgIpc) is 2.36. The smallest absolute Gasteiger partial charge is 0.360 e. The van der Waals surface area contributed by atoms with Crippen LogP contribution in [0, 0.1) is 13.8 Å². The minimum atomic E-state index is -1.30. The summed E-state index contributed by atoms with van der Waals surface area (Å²) in [5.41, 5.74) is 2.33. The number of carboxylic acid groups (broad SMARTS) is 1. The lowest BCUT2D eigenvalue weighted by Crippen LogP contribution is -2.25. The molecule has 0 fully saturated rings. The maximum atomic E-state index is 12.1. The van der Waals surface area contributed by atoms with E-state index in [0.717, 1.165) is 16.8 Å². The SMILES string of the molecule is Cc1cc(C)cc(-n2cc(C(C)C)c(=O)c(C(=O)O)n2)c1. The minimum Gasteiger partial charge on any atom is -0.476 e. The molecule has 0 radical (unpaired) electrons. The number of hydrogen-bond acceptors (Lipinski definition) is 3. The molecule has 0 atom stereocenters. The molecule has 0 spiro atoms. The van der Waals surface area contributed by atoms with Gasteiger partial charge in [0.1, 0.15) is 0 Å². The van der Waals surface area contributed by atoms with E-state index in [1.54, 1.807) is 6.20 Å². The van der Waals surface area contributed by atoms with Crippen LogP contribution in [-0.2, 0) is 0 Å². The second-order valence-electron chi connectivity index (χ2n) is 5.51. The molecule has 0 bridgehead atoms. The Balaban J connectivity index is 2.74. The number of aryl methyl sites for hydroxylation is 2. The highest BCUT2D eigenvalue weighted by Gasteiger charge is 2.18. The number of carboxylic acids is 1. The van der Waals surface area contributed by atoms with Crippen molar-refractivity contribution in [1.29, 1.82) is 0 Å². The van der Waals surface area contributed by atoms with Gasteiger partial charge in [-0.3, -0.25) is 4.79 Å². The summed E-state index contributed by atoms with van der Waals surface area (Å²) < 4.78 is 1.47. The molecule has 0 amide bonds. The van der Waals surface area contributed by atoms with Gasteiger partial charge in [-0.2, -0.15) is 5.10 Å². The Morgan fingerprint density at radius 2 is 1.76 bits per heavy atom. The normalized spacial score (nSPS) is 10.9. The number of aromatic carboxylic acids is 1. The first-order valence-corrected chi connectivity index (χ1v) is 6.75. The molecule has 0 saturated carbocycles. The van der Waals surface area contributed by atoms with E-state index < -0.39 is 17.1 Å². The van der Waals surface area contributed by atoms with Gasteiger partial charge in [-0.1, -0.05) is 19.9 Å². The van der Waals surface area contributed by atoms with Crippen LogP contribution in [0.15, 0.2) is 29.2 Å². The zero-order valence-corrected chi connectivity index (χ0v) is 12.5. The Labute approximate surface area is 122 Å². The molecule has 1 aromatic carbocycles. The van der Waals surface area contributed by atoms with Gasteiger partial charge in [0.25, 0.3) is 0 Å². The second kappa shape index (κ2) is 5.52. The Morgan fingerprint density at radius 1 is 1.19 bits per heavy atom. The van der Waals surface area contributed by atoms with E-state index in [0.29, 0.717) is 5.56 Å². The molecule has 21 heavy (non-hydrogen) atoms. The molecule has 5 heteroatoms. The van der Waals surface area contributed by atoms with Crippen LogP contribution in [0.1, 0.15) is 46.9 Å². The van der Waals surface area contributed by atoms with Gasteiger partial charge < -0.3 is 5.11 Å². The third-order valence-electron chi connectivity index (χ3n) is 3.24. The zero-order chi connectivity index (χ0) is 15.7. The quantitative estimate of drug-likeness (QED) is 0.941. The predicted octanol–water partition coefficient (Wildman–Crippen LogP) is 2.67. The van der Waals surface area contributed by atoms with E-state index in [2.05, 4.69) is 5.10 Å². The van der Waals surface area contributed by atoms with Crippen molar-refractivity contribution >= 4 is 5.97 Å². The summed E-state index contributed by atoms with van der Waals surface area (Å²) in [6.07, 6.45) is 1.62. The summed E-state index contributed by atoms with van der Waals surface area (Å²) in [5.74, 6) is -1.38. The molecule has 2 rings (SSSR count). The van der Waals surface area contributed by atoms with Crippen molar-refractivity contribution in [3.8, 4) is 5.69 Å². The van der Waals surface area contributed by atoms with Crippen LogP contribution >= 0.6 is 0 Å². The van der Waals surface area contributed by atoms with E-state index in [9.17, 15) is 14.7 Å². The van der Waals surface area contributed by atoms with Gasteiger partial charge in [0.05, 0.1) is 5.69 Å². The lowest BCUT2D eigenvalue weighted by Gasteiger charge is -2.12. The number of nitrogens with zero attached hydrogens (tertiary/aromatic N) is 2. The zero-order valence-electron chi connectivity index (χ0n) is 12.5. The third kappa shape index (κ3) is 3.02. The fourth-order valence-corrected chi connectivity index (χ4v) is 2.28. The summed E-state index contributed by atoms with van der Waals surface area (Å²) in [6.45, 7) is 7.63. The largest absolute Gasteiger partial charge is 0.476 e. The topological polar surface area (TPSA) is 72.2 Å². The highest BCUT2D eigenvalue weighted by molar-refractivity contribution is 5.85. The van der Waals surface area contributed by atoms with Crippen LogP contribution in [0.25, 0.3) is 5.69 Å². The Morgan fingerprint density at radius 3 is 2.24 bits per heavy atom. The highest BCUT2D eigenvalue weighted by Crippen LogP contribution is 2.15. The molecule has 0 unspecified atom stereocenters. The number of benzene rings is 1. The molecule has 0 aliphatic carbocycles. The Kier molecular flexibility index (Phi) is 3.93. The van der Waals surface area contributed by atoms with Crippen LogP contribution in [0.2, 0.25) is 0 Å². The highest BCUT2D eigenvalue weighted by atomic mass is 16.4. The maximum Gasteiger partial charge on any atom is 0.360 e. The van der Waals surface area contributed by atoms with Crippen LogP contribution in [0.4, 0.5) is 0 Å². The summed E-state index contributed by atoms with van der Waals surface area (Å²) in [6, 6.07) is 5.83. The van der Waals surface area contributed by atoms with Crippen molar-refractivity contribution in [2.75, 3.05) is 0 Å².